The predicted molar refractivity (Wildman–Crippen MR) is 85.5 cm³/mol. The fourth-order valence-corrected chi connectivity index (χ4v) is 3.24. The smallest absolute Gasteiger partial charge is 0.255 e. The van der Waals surface area contributed by atoms with Crippen molar-refractivity contribution in [3.63, 3.8) is 0 Å². The third kappa shape index (κ3) is 3.53. The summed E-state index contributed by atoms with van der Waals surface area (Å²) in [5, 5.41) is 13.2. The van der Waals surface area contributed by atoms with Gasteiger partial charge in [0.2, 0.25) is 0 Å². The number of hydrogen-bond acceptors (Lipinski definition) is 4. The summed E-state index contributed by atoms with van der Waals surface area (Å²) in [4.78, 5) is 14.5. The highest BCUT2D eigenvalue weighted by atomic mass is 16.5. The second kappa shape index (κ2) is 7.01. The van der Waals surface area contributed by atoms with Crippen LogP contribution in [0, 0.1) is 0 Å². The summed E-state index contributed by atoms with van der Waals surface area (Å²) in [5.41, 5.74) is 1.30. The third-order valence-corrected chi connectivity index (χ3v) is 4.54. The summed E-state index contributed by atoms with van der Waals surface area (Å²) >= 11 is 0. The molecule has 2 aliphatic rings. The molecule has 1 aliphatic carbocycles. The standard InChI is InChI=1S/C17H24N2O3/c20-16-12-14(19-8-10-22-11-9-19)6-7-15(16)17(21)18-13-4-2-1-3-5-13/h6-7,12-13,20H,1-5,8-11H2,(H,18,21). The molecule has 1 amide bonds. The van der Waals surface area contributed by atoms with Crippen LogP contribution >= 0.6 is 0 Å². The Kier molecular flexibility index (Phi) is 4.83. The Bertz CT molecular complexity index is 521. The summed E-state index contributed by atoms with van der Waals surface area (Å²) in [5.74, 6) is -0.116. The lowest BCUT2D eigenvalue weighted by atomic mass is 9.95. The van der Waals surface area contributed by atoms with Crippen molar-refractivity contribution in [2.45, 2.75) is 38.1 Å². The molecule has 1 saturated heterocycles. The Morgan fingerprint density at radius 2 is 1.91 bits per heavy atom. The molecule has 0 atom stereocenters. The molecular formula is C17H24N2O3. The molecule has 0 aromatic heterocycles. The molecule has 0 unspecified atom stereocenters. The minimum absolute atomic E-state index is 0.0531. The van der Waals surface area contributed by atoms with Crippen LogP contribution in [0.1, 0.15) is 42.5 Å². The normalized spacial score (nSPS) is 19.9. The van der Waals surface area contributed by atoms with Gasteiger partial charge in [0.05, 0.1) is 18.8 Å². The van der Waals surface area contributed by atoms with Crippen LogP contribution < -0.4 is 10.2 Å². The van der Waals surface area contributed by atoms with E-state index in [0.717, 1.165) is 31.6 Å². The second-order valence-electron chi connectivity index (χ2n) is 6.11. The lowest BCUT2D eigenvalue weighted by Gasteiger charge is -2.29. The van der Waals surface area contributed by atoms with Crippen LogP contribution in [-0.2, 0) is 4.74 Å². The second-order valence-corrected chi connectivity index (χ2v) is 6.11. The van der Waals surface area contributed by atoms with Crippen molar-refractivity contribution in [3.8, 4) is 5.75 Å². The predicted octanol–water partition coefficient (Wildman–Crippen LogP) is 2.29. The first-order chi connectivity index (χ1) is 10.7. The average Bonchev–Trinajstić information content (AvgIpc) is 2.56. The SMILES string of the molecule is O=C(NC1CCCCC1)c1ccc(N2CCOCC2)cc1O. The largest absolute Gasteiger partial charge is 0.507 e. The maximum atomic E-state index is 12.3. The van der Waals surface area contributed by atoms with Gasteiger partial charge in [-0.15, -0.1) is 0 Å². The fraction of sp³-hybridized carbons (Fsp3) is 0.588. The number of rotatable bonds is 3. The van der Waals surface area contributed by atoms with Crippen molar-refractivity contribution in [2.24, 2.45) is 0 Å². The van der Waals surface area contributed by atoms with Crippen molar-refractivity contribution < 1.29 is 14.6 Å². The average molecular weight is 304 g/mol. The quantitative estimate of drug-likeness (QED) is 0.899. The van der Waals surface area contributed by atoms with E-state index < -0.39 is 0 Å². The Morgan fingerprint density at radius 3 is 2.59 bits per heavy atom. The zero-order chi connectivity index (χ0) is 15.4. The van der Waals surface area contributed by atoms with Crippen molar-refractivity contribution in [3.05, 3.63) is 23.8 Å². The zero-order valence-corrected chi connectivity index (χ0v) is 12.9. The lowest BCUT2D eigenvalue weighted by molar-refractivity contribution is 0.0925. The van der Waals surface area contributed by atoms with Crippen LogP contribution in [0.5, 0.6) is 5.75 Å². The Hall–Kier alpha value is -1.75. The highest BCUT2D eigenvalue weighted by molar-refractivity contribution is 5.97. The monoisotopic (exact) mass is 304 g/mol. The number of nitrogens with one attached hydrogen (secondary N) is 1. The molecule has 5 heteroatoms. The van der Waals surface area contributed by atoms with Crippen LogP contribution in [0.3, 0.4) is 0 Å². The van der Waals surface area contributed by atoms with E-state index in [4.69, 9.17) is 4.74 Å². The van der Waals surface area contributed by atoms with Gasteiger partial charge in [-0.25, -0.2) is 0 Å². The van der Waals surface area contributed by atoms with Crippen LogP contribution in [0.4, 0.5) is 5.69 Å². The van der Waals surface area contributed by atoms with E-state index in [0.29, 0.717) is 18.8 Å². The number of aromatic hydroxyl groups is 1. The minimum atomic E-state index is -0.169. The van der Waals surface area contributed by atoms with E-state index in [-0.39, 0.29) is 17.7 Å². The molecule has 1 heterocycles. The van der Waals surface area contributed by atoms with Crippen molar-refractivity contribution in [1.82, 2.24) is 5.32 Å². The highest BCUT2D eigenvalue weighted by Crippen LogP contribution is 2.26. The highest BCUT2D eigenvalue weighted by Gasteiger charge is 2.20. The maximum absolute atomic E-state index is 12.3. The van der Waals surface area contributed by atoms with E-state index >= 15 is 0 Å². The number of phenols is 1. The lowest BCUT2D eigenvalue weighted by Crippen LogP contribution is -2.37. The summed E-state index contributed by atoms with van der Waals surface area (Å²) in [6.07, 6.45) is 5.68. The first-order valence-corrected chi connectivity index (χ1v) is 8.20. The molecule has 2 fully saturated rings. The number of phenolic OH excluding ortho intramolecular Hbond substituents is 1. The number of carbonyl (C=O) groups excluding carboxylic acids is 1. The minimum Gasteiger partial charge on any atom is -0.507 e. The van der Waals surface area contributed by atoms with Crippen LogP contribution in [0.25, 0.3) is 0 Å². The van der Waals surface area contributed by atoms with Gasteiger partial charge >= 0.3 is 0 Å². The Morgan fingerprint density at radius 1 is 1.18 bits per heavy atom. The number of hydrogen-bond donors (Lipinski definition) is 2. The summed E-state index contributed by atoms with van der Waals surface area (Å²) in [6, 6.07) is 5.56. The van der Waals surface area contributed by atoms with Gasteiger partial charge in [-0.1, -0.05) is 19.3 Å². The Balaban J connectivity index is 1.66. The van der Waals surface area contributed by atoms with Crippen LogP contribution in [-0.4, -0.2) is 43.4 Å². The first-order valence-electron chi connectivity index (χ1n) is 8.20. The maximum Gasteiger partial charge on any atom is 0.255 e. The van der Waals surface area contributed by atoms with Gasteiger partial charge in [0, 0.05) is 30.9 Å². The third-order valence-electron chi connectivity index (χ3n) is 4.54. The molecule has 120 valence electrons. The topological polar surface area (TPSA) is 61.8 Å². The number of ether oxygens (including phenoxy) is 1. The van der Waals surface area contributed by atoms with Gasteiger partial charge in [-0.2, -0.15) is 0 Å². The van der Waals surface area contributed by atoms with Crippen molar-refractivity contribution in [1.29, 1.82) is 0 Å². The number of anilines is 1. The molecule has 1 aromatic carbocycles. The van der Waals surface area contributed by atoms with E-state index in [1.54, 1.807) is 12.1 Å². The molecule has 2 N–H and O–H groups in total. The molecule has 1 aromatic rings. The number of carbonyl (C=O) groups is 1. The molecule has 22 heavy (non-hydrogen) atoms. The van der Waals surface area contributed by atoms with Gasteiger partial charge in [-0.05, 0) is 25.0 Å². The van der Waals surface area contributed by atoms with Gasteiger partial charge in [-0.3, -0.25) is 4.79 Å². The molecule has 3 rings (SSSR count). The van der Waals surface area contributed by atoms with Crippen molar-refractivity contribution in [2.75, 3.05) is 31.2 Å². The van der Waals surface area contributed by atoms with Gasteiger partial charge < -0.3 is 20.1 Å². The number of nitrogens with zero attached hydrogens (tertiary/aromatic N) is 1. The van der Waals surface area contributed by atoms with E-state index in [9.17, 15) is 9.90 Å². The van der Waals surface area contributed by atoms with Gasteiger partial charge in [0.1, 0.15) is 5.75 Å². The molecule has 1 aliphatic heterocycles. The molecule has 0 radical (unpaired) electrons. The van der Waals surface area contributed by atoms with E-state index in [2.05, 4.69) is 10.2 Å². The summed E-state index contributed by atoms with van der Waals surface area (Å²) < 4.78 is 5.33. The summed E-state index contributed by atoms with van der Waals surface area (Å²) in [7, 11) is 0. The van der Waals surface area contributed by atoms with E-state index in [1.807, 2.05) is 6.07 Å². The molecule has 0 spiro atoms. The molecular weight excluding hydrogens is 280 g/mol. The Labute approximate surface area is 131 Å². The van der Waals surface area contributed by atoms with Crippen LogP contribution in [0.2, 0.25) is 0 Å². The first kappa shape index (κ1) is 15.2. The molecule has 0 bridgehead atoms. The number of amides is 1. The fourth-order valence-electron chi connectivity index (χ4n) is 3.24. The zero-order valence-electron chi connectivity index (χ0n) is 12.9. The van der Waals surface area contributed by atoms with Gasteiger partial charge in [0.15, 0.2) is 0 Å². The van der Waals surface area contributed by atoms with Gasteiger partial charge in [0.25, 0.3) is 5.91 Å². The van der Waals surface area contributed by atoms with Crippen molar-refractivity contribution >= 4 is 11.6 Å². The number of morpholine rings is 1. The van der Waals surface area contributed by atoms with E-state index in [1.165, 1.54) is 19.3 Å². The number of benzene rings is 1. The van der Waals surface area contributed by atoms with Crippen LogP contribution in [0.15, 0.2) is 18.2 Å². The molecule has 5 nitrogen and oxygen atoms in total. The summed E-state index contributed by atoms with van der Waals surface area (Å²) in [6.45, 7) is 3.02. The molecule has 1 saturated carbocycles.